The fourth-order valence-electron chi connectivity index (χ4n) is 2.79. The van der Waals surface area contributed by atoms with Crippen LogP contribution < -0.4 is 10.2 Å². The summed E-state index contributed by atoms with van der Waals surface area (Å²) in [5.74, 6) is 0.954. The van der Waals surface area contributed by atoms with Crippen molar-refractivity contribution in [2.45, 2.75) is 37.3 Å². The maximum Gasteiger partial charge on any atom is 0.416 e. The highest BCUT2D eigenvalue weighted by molar-refractivity contribution is 7.99. The van der Waals surface area contributed by atoms with Crippen LogP contribution in [0.2, 0.25) is 5.22 Å². The van der Waals surface area contributed by atoms with Crippen molar-refractivity contribution < 1.29 is 22.3 Å². The van der Waals surface area contributed by atoms with E-state index in [0.717, 1.165) is 42.0 Å². The first kappa shape index (κ1) is 22.5. The summed E-state index contributed by atoms with van der Waals surface area (Å²) in [7, 11) is 0. The highest BCUT2D eigenvalue weighted by atomic mass is 35.5. The summed E-state index contributed by atoms with van der Waals surface area (Å²) in [5, 5.41) is 0.770. The predicted molar refractivity (Wildman–Crippen MR) is 112 cm³/mol. The summed E-state index contributed by atoms with van der Waals surface area (Å²) < 4.78 is 49.1. The second kappa shape index (κ2) is 9.75. The van der Waals surface area contributed by atoms with Gasteiger partial charge in [0, 0.05) is 16.5 Å². The molecule has 0 aliphatic heterocycles. The number of aromatic nitrogens is 1. The van der Waals surface area contributed by atoms with Gasteiger partial charge in [-0.25, -0.2) is 0 Å². The molecule has 0 amide bonds. The largest absolute Gasteiger partial charge is 0.487 e. The Morgan fingerprint density at radius 3 is 2.77 bits per heavy atom. The van der Waals surface area contributed by atoms with Crippen molar-refractivity contribution >= 4 is 34.3 Å². The molecule has 0 unspecified atom stereocenters. The molecule has 2 heterocycles. The van der Waals surface area contributed by atoms with Gasteiger partial charge in [-0.05, 0) is 61.7 Å². The Labute approximate surface area is 180 Å². The number of fused-ring (bicyclic) bond motifs is 1. The number of nitrogens with zero attached hydrogens (tertiary/aromatic N) is 1. The smallest absolute Gasteiger partial charge is 0.416 e. The van der Waals surface area contributed by atoms with Gasteiger partial charge in [-0.3, -0.25) is 9.78 Å². The fraction of sp³-hybridized carbons (Fsp3) is 0.333. The van der Waals surface area contributed by atoms with E-state index in [1.165, 1.54) is 18.5 Å². The number of alkyl halides is 3. The SMILES string of the molecule is Cc1c(Cl)occ(OCCCCCSc2ccnc3cc(C(F)(F)F)ccc23)c1=O. The fourth-order valence-corrected chi connectivity index (χ4v) is 3.97. The molecule has 4 nitrogen and oxygen atoms in total. The molecule has 3 rings (SSSR count). The van der Waals surface area contributed by atoms with Crippen LogP contribution in [0.4, 0.5) is 13.2 Å². The number of hydrogen-bond acceptors (Lipinski definition) is 5. The van der Waals surface area contributed by atoms with E-state index in [4.69, 9.17) is 20.8 Å². The van der Waals surface area contributed by atoms with Crippen LogP contribution in [0.3, 0.4) is 0 Å². The number of rotatable bonds is 8. The molecule has 0 atom stereocenters. The van der Waals surface area contributed by atoms with Crippen molar-refractivity contribution in [1.29, 1.82) is 0 Å². The molecular weight excluding hydrogens is 439 g/mol. The molecule has 0 N–H and O–H groups in total. The maximum atomic E-state index is 12.9. The molecule has 0 radical (unpaired) electrons. The summed E-state index contributed by atoms with van der Waals surface area (Å²) in [6.07, 6.45) is 0.893. The first-order valence-corrected chi connectivity index (χ1v) is 10.6. The highest BCUT2D eigenvalue weighted by Gasteiger charge is 2.30. The molecule has 2 aromatic heterocycles. The molecule has 1 aromatic carbocycles. The predicted octanol–water partition coefficient (Wildman–Crippen LogP) is 6.51. The quantitative estimate of drug-likeness (QED) is 0.285. The van der Waals surface area contributed by atoms with Crippen LogP contribution in [0, 0.1) is 6.92 Å². The van der Waals surface area contributed by atoms with Gasteiger partial charge in [0.25, 0.3) is 0 Å². The van der Waals surface area contributed by atoms with Gasteiger partial charge < -0.3 is 9.15 Å². The molecule has 0 aliphatic rings. The lowest BCUT2D eigenvalue weighted by Crippen LogP contribution is -2.11. The van der Waals surface area contributed by atoms with E-state index in [1.807, 2.05) is 6.07 Å². The molecule has 0 bridgehead atoms. The van der Waals surface area contributed by atoms with Crippen LogP contribution in [0.1, 0.15) is 30.4 Å². The number of benzene rings is 1. The molecular formula is C21H19ClF3NO3S. The van der Waals surface area contributed by atoms with Gasteiger partial charge in [0.1, 0.15) is 6.26 Å². The van der Waals surface area contributed by atoms with E-state index < -0.39 is 11.7 Å². The van der Waals surface area contributed by atoms with Gasteiger partial charge in [0.15, 0.2) is 5.22 Å². The molecule has 0 aliphatic carbocycles. The van der Waals surface area contributed by atoms with Crippen LogP contribution in [-0.2, 0) is 6.18 Å². The topological polar surface area (TPSA) is 52.3 Å². The van der Waals surface area contributed by atoms with Gasteiger partial charge in [-0.2, -0.15) is 13.2 Å². The monoisotopic (exact) mass is 457 g/mol. The third-order valence-corrected chi connectivity index (χ3v) is 5.99. The third kappa shape index (κ3) is 5.49. The zero-order valence-corrected chi connectivity index (χ0v) is 17.7. The Morgan fingerprint density at radius 2 is 2.00 bits per heavy atom. The second-order valence-electron chi connectivity index (χ2n) is 6.62. The summed E-state index contributed by atoms with van der Waals surface area (Å²) in [5.41, 5.74) is -0.326. The number of pyridine rings is 1. The van der Waals surface area contributed by atoms with Crippen molar-refractivity contribution in [3.05, 3.63) is 63.3 Å². The van der Waals surface area contributed by atoms with Crippen molar-refractivity contribution in [3.8, 4) is 5.75 Å². The molecule has 9 heteroatoms. The Hall–Kier alpha value is -2.19. The molecule has 160 valence electrons. The molecule has 30 heavy (non-hydrogen) atoms. The van der Waals surface area contributed by atoms with Crippen molar-refractivity contribution in [1.82, 2.24) is 4.98 Å². The number of thioether (sulfide) groups is 1. The maximum absolute atomic E-state index is 12.9. The van der Waals surface area contributed by atoms with Gasteiger partial charge in [-0.1, -0.05) is 6.07 Å². The van der Waals surface area contributed by atoms with E-state index >= 15 is 0 Å². The van der Waals surface area contributed by atoms with Crippen LogP contribution in [-0.4, -0.2) is 17.3 Å². The van der Waals surface area contributed by atoms with Gasteiger partial charge in [-0.15, -0.1) is 11.8 Å². The summed E-state index contributed by atoms with van der Waals surface area (Å²) in [6, 6.07) is 5.44. The highest BCUT2D eigenvalue weighted by Crippen LogP contribution is 2.33. The Bertz CT molecular complexity index is 1090. The number of unbranched alkanes of at least 4 members (excludes halogenated alkanes) is 2. The summed E-state index contributed by atoms with van der Waals surface area (Å²) >= 11 is 7.32. The normalized spacial score (nSPS) is 11.8. The second-order valence-corrected chi connectivity index (χ2v) is 8.10. The lowest BCUT2D eigenvalue weighted by atomic mass is 10.1. The van der Waals surface area contributed by atoms with E-state index in [2.05, 4.69) is 4.98 Å². The average Bonchev–Trinajstić information content (AvgIpc) is 2.71. The minimum atomic E-state index is -4.38. The van der Waals surface area contributed by atoms with E-state index in [9.17, 15) is 18.0 Å². The van der Waals surface area contributed by atoms with Gasteiger partial charge in [0.05, 0.1) is 23.3 Å². The van der Waals surface area contributed by atoms with Crippen LogP contribution in [0.5, 0.6) is 5.75 Å². The van der Waals surface area contributed by atoms with Gasteiger partial charge >= 0.3 is 6.18 Å². The van der Waals surface area contributed by atoms with E-state index in [1.54, 1.807) is 18.7 Å². The average molecular weight is 458 g/mol. The number of halogens is 4. The van der Waals surface area contributed by atoms with E-state index in [0.29, 0.717) is 23.1 Å². The first-order chi connectivity index (χ1) is 14.3. The minimum Gasteiger partial charge on any atom is -0.487 e. The first-order valence-electron chi connectivity index (χ1n) is 9.27. The zero-order chi connectivity index (χ0) is 21.7. The van der Waals surface area contributed by atoms with Crippen molar-refractivity contribution in [2.75, 3.05) is 12.4 Å². The molecule has 0 spiro atoms. The Kier molecular flexibility index (Phi) is 7.31. The summed E-state index contributed by atoms with van der Waals surface area (Å²) in [4.78, 5) is 16.9. The van der Waals surface area contributed by atoms with Crippen LogP contribution in [0.25, 0.3) is 10.9 Å². The third-order valence-electron chi connectivity index (χ3n) is 4.46. The van der Waals surface area contributed by atoms with E-state index in [-0.39, 0.29) is 16.4 Å². The minimum absolute atomic E-state index is 0.0580. The van der Waals surface area contributed by atoms with Crippen LogP contribution in [0.15, 0.2) is 50.8 Å². The number of ether oxygens (including phenoxy) is 1. The standard InChI is InChI=1S/C21H19ClF3NO3S/c1-13-19(27)17(12-29-20(13)22)28-9-3-2-4-10-30-18-7-8-26-16-11-14(21(23,24)25)5-6-15(16)18/h5-8,11-12H,2-4,9-10H2,1H3. The van der Waals surface area contributed by atoms with Gasteiger partial charge in [0.2, 0.25) is 11.2 Å². The lowest BCUT2D eigenvalue weighted by Gasteiger charge is -2.10. The Balaban J connectivity index is 1.46. The molecule has 0 saturated heterocycles. The van der Waals surface area contributed by atoms with Crippen molar-refractivity contribution in [3.63, 3.8) is 0 Å². The number of hydrogen-bond donors (Lipinski definition) is 0. The summed E-state index contributed by atoms with van der Waals surface area (Å²) in [6.45, 7) is 1.96. The zero-order valence-electron chi connectivity index (χ0n) is 16.1. The molecule has 0 fully saturated rings. The Morgan fingerprint density at radius 1 is 1.20 bits per heavy atom. The lowest BCUT2D eigenvalue weighted by molar-refractivity contribution is -0.137. The molecule has 0 saturated carbocycles. The molecule has 3 aromatic rings. The van der Waals surface area contributed by atoms with Crippen LogP contribution >= 0.6 is 23.4 Å². The van der Waals surface area contributed by atoms with Crippen molar-refractivity contribution in [2.24, 2.45) is 0 Å².